The van der Waals surface area contributed by atoms with Crippen molar-refractivity contribution in [1.82, 2.24) is 0 Å². The first-order valence-electron chi connectivity index (χ1n) is 11.7. The normalized spacial score (nSPS) is 21.5. The molecule has 5 rings (SSSR count). The molecule has 0 radical (unpaired) electrons. The summed E-state index contributed by atoms with van der Waals surface area (Å²) in [5.41, 5.74) is 0.763. The molecule has 2 N–H and O–H groups in total. The molecule has 1 aromatic heterocycles. The van der Waals surface area contributed by atoms with Crippen molar-refractivity contribution in [3.8, 4) is 17.1 Å². The second-order valence-corrected chi connectivity index (χ2v) is 11.3. The van der Waals surface area contributed by atoms with Crippen molar-refractivity contribution in [3.05, 3.63) is 64.3 Å². The summed E-state index contributed by atoms with van der Waals surface area (Å²) in [6.07, 6.45) is 1.89. The highest BCUT2D eigenvalue weighted by Gasteiger charge is 2.48. The molecule has 0 saturated carbocycles. The number of hydrogen-bond acceptors (Lipinski definition) is 6. The number of ether oxygens (including phenoxy) is 1. The van der Waals surface area contributed by atoms with Crippen LogP contribution in [-0.2, 0) is 14.3 Å². The fourth-order valence-electron chi connectivity index (χ4n) is 5.49. The molecule has 2 aliphatic carbocycles. The summed E-state index contributed by atoms with van der Waals surface area (Å²) in [6, 6.07) is 7.63. The Morgan fingerprint density at radius 1 is 0.886 bits per heavy atom. The maximum absolute atomic E-state index is 13.4. The molecule has 0 fully saturated rings. The quantitative estimate of drug-likeness (QED) is 0.580. The van der Waals surface area contributed by atoms with Crippen LogP contribution in [0.4, 0.5) is 0 Å². The van der Waals surface area contributed by atoms with Crippen LogP contribution >= 0.6 is 0 Å². The first-order valence-corrected chi connectivity index (χ1v) is 11.7. The van der Waals surface area contributed by atoms with Gasteiger partial charge in [-0.05, 0) is 35.1 Å². The number of carbonyl (C=O) groups excluding carboxylic acids is 2. The summed E-state index contributed by atoms with van der Waals surface area (Å²) in [4.78, 5) is 37.9. The van der Waals surface area contributed by atoms with Crippen molar-refractivity contribution in [2.75, 3.05) is 0 Å². The predicted molar refractivity (Wildman–Crippen MR) is 127 cm³/mol. The van der Waals surface area contributed by atoms with Gasteiger partial charge in [0, 0.05) is 42.4 Å². The van der Waals surface area contributed by atoms with Gasteiger partial charge in [-0.1, -0.05) is 33.8 Å². The number of carboxylic acids is 1. The van der Waals surface area contributed by atoms with Crippen molar-refractivity contribution in [2.24, 2.45) is 10.8 Å². The van der Waals surface area contributed by atoms with Gasteiger partial charge in [0.1, 0.15) is 34.4 Å². The highest BCUT2D eigenvalue weighted by molar-refractivity contribution is 6.06. The maximum atomic E-state index is 13.4. The predicted octanol–water partition coefficient (Wildman–Crippen LogP) is 5.75. The molecule has 7 heteroatoms. The summed E-state index contributed by atoms with van der Waals surface area (Å²) < 4.78 is 12.5. The van der Waals surface area contributed by atoms with Crippen LogP contribution in [0.15, 0.2) is 57.4 Å². The van der Waals surface area contributed by atoms with Gasteiger partial charge >= 0.3 is 5.97 Å². The second-order valence-electron chi connectivity index (χ2n) is 11.3. The number of allylic oxidation sites excluding steroid dienone is 4. The number of hydrogen-bond donors (Lipinski definition) is 2. The average Bonchev–Trinajstić information content (AvgIpc) is 3.20. The first kappa shape index (κ1) is 23.1. The summed E-state index contributed by atoms with van der Waals surface area (Å²) in [5, 5.41) is 19.3. The number of carboxylic acid groups (broad SMARTS) is 1. The van der Waals surface area contributed by atoms with E-state index < -0.39 is 11.9 Å². The van der Waals surface area contributed by atoms with Crippen LogP contribution in [0.3, 0.4) is 0 Å². The van der Waals surface area contributed by atoms with E-state index >= 15 is 0 Å². The Balaban J connectivity index is 1.62. The highest BCUT2D eigenvalue weighted by atomic mass is 16.5. The van der Waals surface area contributed by atoms with Crippen molar-refractivity contribution in [3.63, 3.8) is 0 Å². The lowest BCUT2D eigenvalue weighted by molar-refractivity contribution is -0.120. The minimum atomic E-state index is -1.23. The van der Waals surface area contributed by atoms with Gasteiger partial charge in [-0.25, -0.2) is 4.79 Å². The minimum absolute atomic E-state index is 0.0492. The minimum Gasteiger partial charge on any atom is -0.507 e. The maximum Gasteiger partial charge on any atom is 0.339 e. The molecule has 0 spiro atoms. The SMILES string of the molecule is CC1(C)CC(=O)C2=C(C1)OC1=C(C(=O)CC(C)(C)C1)C2c1ccc(-c2ccc(C(=O)O)c(O)c2)o1. The Morgan fingerprint density at radius 3 is 1.97 bits per heavy atom. The zero-order valence-electron chi connectivity index (χ0n) is 20.2. The van der Waals surface area contributed by atoms with Crippen LogP contribution in [0.25, 0.3) is 11.3 Å². The van der Waals surface area contributed by atoms with E-state index in [9.17, 15) is 24.6 Å². The summed E-state index contributed by atoms with van der Waals surface area (Å²) in [5.74, 6) is -0.276. The number of furan rings is 1. The average molecular weight is 477 g/mol. The van der Waals surface area contributed by atoms with E-state index in [4.69, 9.17) is 9.15 Å². The van der Waals surface area contributed by atoms with Crippen molar-refractivity contribution >= 4 is 17.5 Å². The lowest BCUT2D eigenvalue weighted by atomic mass is 9.66. The molecule has 0 amide bonds. The molecule has 0 saturated heterocycles. The van der Waals surface area contributed by atoms with E-state index in [0.29, 0.717) is 65.4 Å². The molecule has 2 aromatic rings. The van der Waals surface area contributed by atoms with E-state index in [1.54, 1.807) is 18.2 Å². The van der Waals surface area contributed by atoms with Crippen molar-refractivity contribution in [1.29, 1.82) is 0 Å². The lowest BCUT2D eigenvalue weighted by Gasteiger charge is -2.42. The molecule has 1 aromatic carbocycles. The molecule has 182 valence electrons. The van der Waals surface area contributed by atoms with Crippen LogP contribution in [-0.4, -0.2) is 27.7 Å². The topological polar surface area (TPSA) is 114 Å². The summed E-state index contributed by atoms with van der Waals surface area (Å²) >= 11 is 0. The molecule has 0 bridgehead atoms. The van der Waals surface area contributed by atoms with Crippen LogP contribution in [0.2, 0.25) is 0 Å². The Morgan fingerprint density at radius 2 is 1.46 bits per heavy atom. The largest absolute Gasteiger partial charge is 0.507 e. The van der Waals surface area contributed by atoms with E-state index in [-0.39, 0.29) is 33.7 Å². The zero-order chi connectivity index (χ0) is 25.3. The smallest absolute Gasteiger partial charge is 0.339 e. The van der Waals surface area contributed by atoms with Crippen LogP contribution < -0.4 is 0 Å². The molecular weight excluding hydrogens is 448 g/mol. The summed E-state index contributed by atoms with van der Waals surface area (Å²) in [6.45, 7) is 8.13. The number of benzene rings is 1. The number of carbonyl (C=O) groups is 3. The van der Waals surface area contributed by atoms with Gasteiger partial charge in [-0.15, -0.1) is 0 Å². The number of aromatic hydroxyl groups is 1. The van der Waals surface area contributed by atoms with Crippen LogP contribution in [0.5, 0.6) is 5.75 Å². The fraction of sp³-hybridized carbons (Fsp3) is 0.393. The Bertz CT molecular complexity index is 1300. The van der Waals surface area contributed by atoms with Gasteiger partial charge in [-0.3, -0.25) is 9.59 Å². The number of phenols is 1. The third-order valence-electron chi connectivity index (χ3n) is 7.01. The first-order chi connectivity index (χ1) is 16.3. The fourth-order valence-corrected chi connectivity index (χ4v) is 5.49. The van der Waals surface area contributed by atoms with Gasteiger partial charge in [0.25, 0.3) is 0 Å². The van der Waals surface area contributed by atoms with Crippen molar-refractivity contribution in [2.45, 2.75) is 59.3 Å². The van der Waals surface area contributed by atoms with Crippen LogP contribution in [0.1, 0.15) is 75.4 Å². The number of aromatic carboxylic acids is 1. The van der Waals surface area contributed by atoms with Crippen LogP contribution in [0, 0.1) is 10.8 Å². The number of rotatable bonds is 3. The van der Waals surface area contributed by atoms with E-state index in [1.165, 1.54) is 12.1 Å². The Labute approximate surface area is 203 Å². The molecule has 0 atom stereocenters. The third-order valence-corrected chi connectivity index (χ3v) is 7.01. The van der Waals surface area contributed by atoms with Gasteiger partial charge in [-0.2, -0.15) is 0 Å². The summed E-state index contributed by atoms with van der Waals surface area (Å²) in [7, 11) is 0. The number of Topliss-reactive ketones (excluding diaryl/α,β-unsaturated/α-hetero) is 2. The molecule has 3 aliphatic rings. The van der Waals surface area contributed by atoms with Gasteiger partial charge in [0.2, 0.25) is 0 Å². The standard InChI is InChI=1S/C28H28O7/c1-27(2)10-17(30)23-21(12-27)35-22-13-28(3,4)11-18(31)24(22)25(23)20-8-7-19(34-20)14-5-6-15(26(32)33)16(29)9-14/h5-9,25,29H,10-13H2,1-4H3,(H,32,33). The molecular formula is C28H28O7. The second kappa shape index (κ2) is 7.70. The molecule has 0 unspecified atom stereocenters. The molecule has 7 nitrogen and oxygen atoms in total. The molecule has 1 aliphatic heterocycles. The van der Waals surface area contributed by atoms with E-state index in [0.717, 1.165) is 0 Å². The molecule has 35 heavy (non-hydrogen) atoms. The lowest BCUT2D eigenvalue weighted by Crippen LogP contribution is -2.37. The van der Waals surface area contributed by atoms with E-state index in [1.807, 2.05) is 27.7 Å². The van der Waals surface area contributed by atoms with E-state index in [2.05, 4.69) is 0 Å². The Kier molecular flexibility index (Phi) is 5.09. The van der Waals surface area contributed by atoms with Gasteiger partial charge in [0.05, 0.1) is 5.92 Å². The van der Waals surface area contributed by atoms with Crippen molar-refractivity contribution < 1.29 is 33.8 Å². The Hall–Kier alpha value is -3.61. The van der Waals surface area contributed by atoms with Gasteiger partial charge < -0.3 is 19.4 Å². The van der Waals surface area contributed by atoms with Gasteiger partial charge in [0.15, 0.2) is 11.6 Å². The zero-order valence-corrected chi connectivity index (χ0v) is 20.2. The number of ketones is 2. The highest BCUT2D eigenvalue weighted by Crippen LogP contribution is 2.53. The third kappa shape index (κ3) is 3.99. The monoisotopic (exact) mass is 476 g/mol. The molecule has 2 heterocycles.